The van der Waals surface area contributed by atoms with Crippen molar-refractivity contribution < 1.29 is 8.42 Å². The summed E-state index contributed by atoms with van der Waals surface area (Å²) in [5, 5.41) is 8.99. The van der Waals surface area contributed by atoms with Crippen molar-refractivity contribution in [2.75, 3.05) is 4.72 Å². The third-order valence-electron chi connectivity index (χ3n) is 2.77. The SMILES string of the molecule is Cc1cc(C)cc(NS(=O)(=O)c2ccccc2C#N)c1. The van der Waals surface area contributed by atoms with Crippen molar-refractivity contribution >= 4 is 15.7 Å². The van der Waals surface area contributed by atoms with Gasteiger partial charge in [0.2, 0.25) is 0 Å². The second-order valence-electron chi connectivity index (χ2n) is 4.59. The van der Waals surface area contributed by atoms with Crippen molar-refractivity contribution in [1.29, 1.82) is 5.26 Å². The predicted octanol–water partition coefficient (Wildman–Crippen LogP) is 2.98. The first-order chi connectivity index (χ1) is 9.42. The summed E-state index contributed by atoms with van der Waals surface area (Å²) in [5.74, 6) is 0. The second kappa shape index (κ2) is 5.35. The Balaban J connectivity index is 2.44. The first-order valence-corrected chi connectivity index (χ1v) is 7.51. The monoisotopic (exact) mass is 286 g/mol. The van der Waals surface area contributed by atoms with Crippen molar-refractivity contribution in [3.8, 4) is 6.07 Å². The number of anilines is 1. The van der Waals surface area contributed by atoms with E-state index in [2.05, 4.69) is 4.72 Å². The Labute approximate surface area is 118 Å². The van der Waals surface area contributed by atoms with Gasteiger partial charge in [-0.3, -0.25) is 4.72 Å². The zero-order valence-electron chi connectivity index (χ0n) is 11.2. The molecular weight excluding hydrogens is 272 g/mol. The molecule has 0 heterocycles. The first-order valence-electron chi connectivity index (χ1n) is 6.02. The molecule has 0 aliphatic heterocycles. The average molecular weight is 286 g/mol. The highest BCUT2D eigenvalue weighted by molar-refractivity contribution is 7.92. The van der Waals surface area contributed by atoms with E-state index in [1.165, 1.54) is 12.1 Å². The van der Waals surface area contributed by atoms with Crippen molar-refractivity contribution in [3.63, 3.8) is 0 Å². The molecule has 0 unspecified atom stereocenters. The molecule has 0 saturated heterocycles. The van der Waals surface area contributed by atoms with Gasteiger partial charge in [-0.25, -0.2) is 8.42 Å². The minimum Gasteiger partial charge on any atom is -0.280 e. The highest BCUT2D eigenvalue weighted by atomic mass is 32.2. The maximum absolute atomic E-state index is 12.3. The third kappa shape index (κ3) is 2.98. The molecule has 0 fully saturated rings. The number of benzene rings is 2. The Morgan fingerprint density at radius 2 is 1.65 bits per heavy atom. The minimum absolute atomic E-state index is 0.0124. The molecule has 2 aromatic carbocycles. The van der Waals surface area contributed by atoms with Crippen LogP contribution < -0.4 is 4.72 Å². The van der Waals surface area contributed by atoms with E-state index in [1.807, 2.05) is 26.0 Å². The topological polar surface area (TPSA) is 70.0 Å². The molecule has 2 aromatic rings. The van der Waals surface area contributed by atoms with E-state index in [-0.39, 0.29) is 10.5 Å². The number of hydrogen-bond acceptors (Lipinski definition) is 3. The lowest BCUT2D eigenvalue weighted by molar-refractivity contribution is 0.601. The lowest BCUT2D eigenvalue weighted by Crippen LogP contribution is -2.14. The summed E-state index contributed by atoms with van der Waals surface area (Å²) in [6, 6.07) is 13.5. The van der Waals surface area contributed by atoms with Crippen LogP contribution in [0.25, 0.3) is 0 Å². The molecular formula is C15H14N2O2S. The van der Waals surface area contributed by atoms with Gasteiger partial charge < -0.3 is 0 Å². The molecule has 102 valence electrons. The van der Waals surface area contributed by atoms with Crippen LogP contribution in [0.15, 0.2) is 47.4 Å². The van der Waals surface area contributed by atoms with Crippen LogP contribution in [0.1, 0.15) is 16.7 Å². The van der Waals surface area contributed by atoms with Crippen LogP contribution in [-0.4, -0.2) is 8.42 Å². The van der Waals surface area contributed by atoms with E-state index in [4.69, 9.17) is 5.26 Å². The molecule has 0 atom stereocenters. The molecule has 0 saturated carbocycles. The van der Waals surface area contributed by atoms with Crippen molar-refractivity contribution in [2.45, 2.75) is 18.7 Å². The van der Waals surface area contributed by atoms with Crippen molar-refractivity contribution in [1.82, 2.24) is 0 Å². The van der Waals surface area contributed by atoms with E-state index >= 15 is 0 Å². The minimum atomic E-state index is -3.76. The first kappa shape index (κ1) is 14.1. The van der Waals surface area contributed by atoms with Crippen molar-refractivity contribution in [2.24, 2.45) is 0 Å². The van der Waals surface area contributed by atoms with E-state index < -0.39 is 10.0 Å². The van der Waals surface area contributed by atoms with Crippen LogP contribution in [0.5, 0.6) is 0 Å². The summed E-state index contributed by atoms with van der Waals surface area (Å²) in [6.45, 7) is 3.79. The van der Waals surface area contributed by atoms with Crippen LogP contribution in [0.2, 0.25) is 0 Å². The van der Waals surface area contributed by atoms with Gasteiger partial charge in [-0.2, -0.15) is 5.26 Å². The van der Waals surface area contributed by atoms with Gasteiger partial charge in [-0.15, -0.1) is 0 Å². The Kier molecular flexibility index (Phi) is 3.77. The van der Waals surface area contributed by atoms with E-state index in [0.717, 1.165) is 11.1 Å². The Bertz CT molecular complexity index is 770. The fourth-order valence-corrected chi connectivity index (χ4v) is 3.24. The lowest BCUT2D eigenvalue weighted by Gasteiger charge is -2.10. The smallest absolute Gasteiger partial charge is 0.263 e. The number of nitrogens with one attached hydrogen (secondary N) is 1. The summed E-state index contributed by atoms with van der Waals surface area (Å²) in [6.07, 6.45) is 0. The average Bonchev–Trinajstić information content (AvgIpc) is 2.36. The maximum atomic E-state index is 12.3. The maximum Gasteiger partial charge on any atom is 0.263 e. The predicted molar refractivity (Wildman–Crippen MR) is 77.9 cm³/mol. The van der Waals surface area contributed by atoms with Gasteiger partial charge in [-0.05, 0) is 49.2 Å². The van der Waals surface area contributed by atoms with Crippen LogP contribution in [0.4, 0.5) is 5.69 Å². The van der Waals surface area contributed by atoms with Gasteiger partial charge in [0.25, 0.3) is 10.0 Å². The summed E-state index contributed by atoms with van der Waals surface area (Å²) in [7, 11) is -3.76. The molecule has 4 nitrogen and oxygen atoms in total. The lowest BCUT2D eigenvalue weighted by atomic mass is 10.1. The number of rotatable bonds is 3. The van der Waals surface area contributed by atoms with Gasteiger partial charge in [0.15, 0.2) is 0 Å². The normalized spacial score (nSPS) is 10.8. The molecule has 0 amide bonds. The number of nitrogens with zero attached hydrogens (tertiary/aromatic N) is 1. The highest BCUT2D eigenvalue weighted by Gasteiger charge is 2.18. The quantitative estimate of drug-likeness (QED) is 0.943. The van der Waals surface area contributed by atoms with Gasteiger partial charge in [-0.1, -0.05) is 18.2 Å². The van der Waals surface area contributed by atoms with E-state index in [0.29, 0.717) is 5.69 Å². The summed E-state index contributed by atoms with van der Waals surface area (Å²) in [5.41, 5.74) is 2.56. The van der Waals surface area contributed by atoms with E-state index in [1.54, 1.807) is 24.3 Å². The zero-order chi connectivity index (χ0) is 14.8. The molecule has 1 N–H and O–H groups in total. The Morgan fingerprint density at radius 1 is 1.05 bits per heavy atom. The fourth-order valence-electron chi connectivity index (χ4n) is 2.04. The molecule has 0 radical (unpaired) electrons. The largest absolute Gasteiger partial charge is 0.280 e. The molecule has 0 bridgehead atoms. The Morgan fingerprint density at radius 3 is 2.25 bits per heavy atom. The molecule has 5 heteroatoms. The molecule has 2 rings (SSSR count). The van der Waals surface area contributed by atoms with Crippen molar-refractivity contribution in [3.05, 3.63) is 59.2 Å². The fraction of sp³-hybridized carbons (Fsp3) is 0.133. The summed E-state index contributed by atoms with van der Waals surface area (Å²) < 4.78 is 27.2. The van der Waals surface area contributed by atoms with Gasteiger partial charge in [0, 0.05) is 5.69 Å². The molecule has 0 spiro atoms. The summed E-state index contributed by atoms with van der Waals surface area (Å²) in [4.78, 5) is -0.0124. The van der Waals surface area contributed by atoms with Gasteiger partial charge in [0.05, 0.1) is 5.56 Å². The number of aryl methyl sites for hydroxylation is 2. The van der Waals surface area contributed by atoms with E-state index in [9.17, 15) is 8.42 Å². The van der Waals surface area contributed by atoms with Crippen LogP contribution in [-0.2, 0) is 10.0 Å². The van der Waals surface area contributed by atoms with Crippen LogP contribution in [0.3, 0.4) is 0 Å². The zero-order valence-corrected chi connectivity index (χ0v) is 12.0. The molecule has 20 heavy (non-hydrogen) atoms. The van der Waals surface area contributed by atoms with Crippen LogP contribution >= 0.6 is 0 Å². The standard InChI is InChI=1S/C15H14N2O2S/c1-11-7-12(2)9-14(8-11)17-20(18,19)15-6-4-3-5-13(15)10-16/h3-9,17H,1-2H3. The third-order valence-corrected chi connectivity index (χ3v) is 4.21. The van der Waals surface area contributed by atoms with Crippen LogP contribution in [0, 0.1) is 25.2 Å². The number of hydrogen-bond donors (Lipinski definition) is 1. The Hall–Kier alpha value is -2.32. The second-order valence-corrected chi connectivity index (χ2v) is 6.24. The molecule has 0 aliphatic rings. The highest BCUT2D eigenvalue weighted by Crippen LogP contribution is 2.21. The molecule has 0 aromatic heterocycles. The van der Waals surface area contributed by atoms with Gasteiger partial charge in [0.1, 0.15) is 11.0 Å². The summed E-state index contributed by atoms with van der Waals surface area (Å²) >= 11 is 0. The number of nitriles is 1. The molecule has 0 aliphatic carbocycles. The number of sulfonamides is 1. The van der Waals surface area contributed by atoms with Gasteiger partial charge >= 0.3 is 0 Å².